The summed E-state index contributed by atoms with van der Waals surface area (Å²) in [5.41, 5.74) is 5.93. The van der Waals surface area contributed by atoms with E-state index < -0.39 is 0 Å². The van der Waals surface area contributed by atoms with Crippen molar-refractivity contribution in [1.29, 1.82) is 0 Å². The number of carbonyl (C=O) groups is 1. The summed E-state index contributed by atoms with van der Waals surface area (Å²) < 4.78 is 11.6. The van der Waals surface area contributed by atoms with Gasteiger partial charge in [-0.1, -0.05) is 32.8 Å². The average Bonchev–Trinajstić information content (AvgIpc) is 2.54. The maximum Gasteiger partial charge on any atom is 0.255 e. The van der Waals surface area contributed by atoms with E-state index in [0.29, 0.717) is 43.4 Å². The Kier molecular flexibility index (Phi) is 9.07. The molecule has 0 heterocycles. The van der Waals surface area contributed by atoms with E-state index in [0.717, 1.165) is 25.7 Å². The second kappa shape index (κ2) is 10.9. The van der Waals surface area contributed by atoms with Crippen LogP contribution >= 0.6 is 0 Å². The molecule has 124 valence electrons. The van der Waals surface area contributed by atoms with Crippen molar-refractivity contribution in [1.82, 2.24) is 5.32 Å². The number of hydrogen-bond acceptors (Lipinski definition) is 4. The minimum atomic E-state index is -0.183. The zero-order chi connectivity index (χ0) is 16.2. The molecule has 5 nitrogen and oxygen atoms in total. The lowest BCUT2D eigenvalue weighted by molar-refractivity contribution is 0.0949. The van der Waals surface area contributed by atoms with Crippen LogP contribution in [0.25, 0.3) is 0 Å². The molecule has 0 aliphatic carbocycles. The number of nitrogens with two attached hydrogens (primary N) is 1. The van der Waals surface area contributed by atoms with Gasteiger partial charge in [0.25, 0.3) is 5.91 Å². The molecule has 3 N–H and O–H groups in total. The third-order valence-electron chi connectivity index (χ3n) is 3.15. The normalized spacial score (nSPS) is 10.3. The molecule has 22 heavy (non-hydrogen) atoms. The van der Waals surface area contributed by atoms with Crippen molar-refractivity contribution in [3.05, 3.63) is 23.8 Å². The van der Waals surface area contributed by atoms with Gasteiger partial charge in [-0.15, -0.1) is 0 Å². The summed E-state index contributed by atoms with van der Waals surface area (Å²) in [7, 11) is 0. The maximum absolute atomic E-state index is 12.2. The minimum Gasteiger partial charge on any atom is -0.490 e. The highest BCUT2D eigenvalue weighted by Crippen LogP contribution is 2.31. The minimum absolute atomic E-state index is 0.183. The molecule has 1 aromatic rings. The Morgan fingerprint density at radius 3 is 2.45 bits per heavy atom. The monoisotopic (exact) mass is 308 g/mol. The van der Waals surface area contributed by atoms with Crippen molar-refractivity contribution in [3.63, 3.8) is 0 Å². The molecule has 0 saturated heterocycles. The molecule has 1 rings (SSSR count). The number of rotatable bonds is 11. The third-order valence-corrected chi connectivity index (χ3v) is 3.15. The van der Waals surface area contributed by atoms with Crippen molar-refractivity contribution in [3.8, 4) is 11.5 Å². The van der Waals surface area contributed by atoms with Gasteiger partial charge in [-0.05, 0) is 25.0 Å². The van der Waals surface area contributed by atoms with Crippen LogP contribution in [0.4, 0.5) is 0 Å². The predicted molar refractivity (Wildman–Crippen MR) is 88.6 cm³/mol. The highest BCUT2D eigenvalue weighted by atomic mass is 16.5. The van der Waals surface area contributed by atoms with Crippen LogP contribution in [0.2, 0.25) is 0 Å². The zero-order valence-electron chi connectivity index (χ0n) is 13.7. The largest absolute Gasteiger partial charge is 0.490 e. The molecule has 1 amide bonds. The van der Waals surface area contributed by atoms with E-state index in [-0.39, 0.29) is 5.91 Å². The molecular weight excluding hydrogens is 280 g/mol. The summed E-state index contributed by atoms with van der Waals surface area (Å²) >= 11 is 0. The summed E-state index contributed by atoms with van der Waals surface area (Å²) in [5.74, 6) is 0.976. The smallest absolute Gasteiger partial charge is 0.255 e. The number of amides is 1. The van der Waals surface area contributed by atoms with Gasteiger partial charge < -0.3 is 20.5 Å². The van der Waals surface area contributed by atoms with E-state index in [2.05, 4.69) is 19.2 Å². The first-order valence-corrected chi connectivity index (χ1v) is 8.11. The molecular formula is C17H28N2O3. The average molecular weight is 308 g/mol. The lowest BCUT2D eigenvalue weighted by Crippen LogP contribution is -2.29. The van der Waals surface area contributed by atoms with Gasteiger partial charge in [-0.2, -0.15) is 0 Å². The van der Waals surface area contributed by atoms with Crippen molar-refractivity contribution in [2.24, 2.45) is 5.73 Å². The molecule has 0 radical (unpaired) electrons. The summed E-state index contributed by atoms with van der Waals surface area (Å²) in [6, 6.07) is 5.40. The number of ether oxygens (including phenoxy) is 2. The number of para-hydroxylation sites is 1. The van der Waals surface area contributed by atoms with Gasteiger partial charge in [0, 0.05) is 13.1 Å². The Balaban J connectivity index is 2.91. The lowest BCUT2D eigenvalue weighted by Gasteiger charge is -2.16. The first-order valence-electron chi connectivity index (χ1n) is 8.11. The van der Waals surface area contributed by atoms with Crippen molar-refractivity contribution in [2.45, 2.75) is 39.5 Å². The Bertz CT molecular complexity index is 450. The fourth-order valence-electron chi connectivity index (χ4n) is 1.88. The summed E-state index contributed by atoms with van der Waals surface area (Å²) in [6.45, 7) is 6.25. The van der Waals surface area contributed by atoms with Gasteiger partial charge in [0.1, 0.15) is 0 Å². The van der Waals surface area contributed by atoms with Crippen LogP contribution in [0.15, 0.2) is 18.2 Å². The van der Waals surface area contributed by atoms with Gasteiger partial charge in [0.05, 0.1) is 18.8 Å². The molecule has 0 saturated carbocycles. The lowest BCUT2D eigenvalue weighted by atomic mass is 10.1. The van der Waals surface area contributed by atoms with E-state index in [1.165, 1.54) is 0 Å². The topological polar surface area (TPSA) is 73.6 Å². The maximum atomic E-state index is 12.2. The number of benzene rings is 1. The first kappa shape index (κ1) is 18.3. The Morgan fingerprint density at radius 1 is 1.14 bits per heavy atom. The molecule has 1 aromatic carbocycles. The molecule has 0 spiro atoms. The number of nitrogens with one attached hydrogen (secondary N) is 1. The Morgan fingerprint density at radius 2 is 1.82 bits per heavy atom. The highest BCUT2D eigenvalue weighted by molar-refractivity contribution is 5.97. The number of hydrogen-bond donors (Lipinski definition) is 2. The molecule has 0 aliphatic heterocycles. The summed E-state index contributed by atoms with van der Waals surface area (Å²) in [6.07, 6.45) is 4.00. The summed E-state index contributed by atoms with van der Waals surface area (Å²) in [5, 5.41) is 2.77. The van der Waals surface area contributed by atoms with Gasteiger partial charge in [-0.25, -0.2) is 0 Å². The van der Waals surface area contributed by atoms with E-state index in [1.54, 1.807) is 6.07 Å². The number of carbonyl (C=O) groups excluding carboxylic acids is 1. The van der Waals surface area contributed by atoms with Crippen LogP contribution in [-0.4, -0.2) is 32.2 Å². The van der Waals surface area contributed by atoms with Crippen LogP contribution < -0.4 is 20.5 Å². The molecule has 0 bridgehead atoms. The molecule has 0 aromatic heterocycles. The molecule has 0 aliphatic rings. The van der Waals surface area contributed by atoms with Crippen molar-refractivity contribution < 1.29 is 14.3 Å². The molecule has 0 fully saturated rings. The standard InChI is InChI=1S/C17H28N2O3/c1-3-5-12-21-15-9-7-8-14(17(20)19-11-10-18)16(15)22-13-6-4-2/h7-9H,3-6,10-13,18H2,1-2H3,(H,19,20). The molecule has 5 heteroatoms. The van der Waals surface area contributed by atoms with Crippen LogP contribution in [0.5, 0.6) is 11.5 Å². The summed E-state index contributed by atoms with van der Waals surface area (Å²) in [4.78, 5) is 12.2. The molecule has 0 atom stereocenters. The first-order chi connectivity index (χ1) is 10.7. The quantitative estimate of drug-likeness (QED) is 0.616. The molecule has 0 unspecified atom stereocenters. The Hall–Kier alpha value is -1.75. The van der Waals surface area contributed by atoms with Crippen LogP contribution in [0.3, 0.4) is 0 Å². The SMILES string of the molecule is CCCCOc1cccc(C(=O)NCCN)c1OCCCC. The van der Waals surface area contributed by atoms with Gasteiger partial charge in [-0.3, -0.25) is 4.79 Å². The van der Waals surface area contributed by atoms with Crippen LogP contribution in [0, 0.1) is 0 Å². The zero-order valence-corrected chi connectivity index (χ0v) is 13.7. The number of unbranched alkanes of at least 4 members (excludes halogenated alkanes) is 2. The van der Waals surface area contributed by atoms with Gasteiger partial charge in [0.15, 0.2) is 11.5 Å². The Labute approximate surface area is 133 Å². The van der Waals surface area contributed by atoms with E-state index in [9.17, 15) is 4.79 Å². The fourth-order valence-corrected chi connectivity index (χ4v) is 1.88. The second-order valence-electron chi connectivity index (χ2n) is 5.08. The second-order valence-corrected chi connectivity index (χ2v) is 5.08. The van der Waals surface area contributed by atoms with Gasteiger partial charge in [0.2, 0.25) is 0 Å². The van der Waals surface area contributed by atoms with Crippen molar-refractivity contribution in [2.75, 3.05) is 26.3 Å². The van der Waals surface area contributed by atoms with E-state index in [1.807, 2.05) is 12.1 Å². The van der Waals surface area contributed by atoms with E-state index >= 15 is 0 Å². The van der Waals surface area contributed by atoms with E-state index in [4.69, 9.17) is 15.2 Å². The predicted octanol–water partition coefficient (Wildman–Crippen LogP) is 2.73. The van der Waals surface area contributed by atoms with Crippen molar-refractivity contribution >= 4 is 5.91 Å². The highest BCUT2D eigenvalue weighted by Gasteiger charge is 2.17. The van der Waals surface area contributed by atoms with Crippen LogP contribution in [-0.2, 0) is 0 Å². The van der Waals surface area contributed by atoms with Gasteiger partial charge >= 0.3 is 0 Å². The third kappa shape index (κ3) is 5.93. The van der Waals surface area contributed by atoms with Crippen LogP contribution in [0.1, 0.15) is 49.9 Å². The fraction of sp³-hybridized carbons (Fsp3) is 0.588.